The van der Waals surface area contributed by atoms with Gasteiger partial charge >= 0.3 is 5.97 Å². The Hall–Kier alpha value is -2.52. The number of nitrogens with two attached hydrogens (primary N) is 1. The van der Waals surface area contributed by atoms with Gasteiger partial charge in [0.15, 0.2) is 0 Å². The highest BCUT2D eigenvalue weighted by Crippen LogP contribution is 2.39. The minimum atomic E-state index is -0.626. The molecule has 6 heteroatoms. The van der Waals surface area contributed by atoms with E-state index in [9.17, 15) is 10.1 Å². The molecule has 0 spiro atoms. The normalized spacial score (nSPS) is 17.3. The van der Waals surface area contributed by atoms with E-state index >= 15 is 0 Å². The number of carbonyl (C=O) groups is 1. The molecular weight excluding hydrogens is 360 g/mol. The molecule has 1 aromatic carbocycles. The maximum absolute atomic E-state index is 12.4. The van der Waals surface area contributed by atoms with E-state index in [0.717, 1.165) is 10.0 Å². The van der Waals surface area contributed by atoms with E-state index in [0.29, 0.717) is 5.76 Å². The van der Waals surface area contributed by atoms with Crippen LogP contribution in [0.2, 0.25) is 0 Å². The van der Waals surface area contributed by atoms with E-state index < -0.39 is 11.9 Å². The van der Waals surface area contributed by atoms with Crippen molar-refractivity contribution < 1.29 is 14.3 Å². The lowest BCUT2D eigenvalue weighted by atomic mass is 9.83. The fraction of sp³-hybridized carbons (Fsp3) is 0.176. The Morgan fingerprint density at radius 1 is 1.52 bits per heavy atom. The molecular formula is C17H15BrN2O3. The highest BCUT2D eigenvalue weighted by atomic mass is 79.9. The summed E-state index contributed by atoms with van der Waals surface area (Å²) in [4.78, 5) is 12.4. The SMILES string of the molecule is C=CCOC(=O)C1=C(C)OC(N)=C(C#N)[C@H]1c1ccc(Br)cc1. The highest BCUT2D eigenvalue weighted by molar-refractivity contribution is 9.10. The predicted octanol–water partition coefficient (Wildman–Crippen LogP) is 3.26. The van der Waals surface area contributed by atoms with Gasteiger partial charge in [0, 0.05) is 4.47 Å². The number of nitrogens with zero attached hydrogens (tertiary/aromatic N) is 1. The zero-order valence-corrected chi connectivity index (χ0v) is 14.1. The van der Waals surface area contributed by atoms with Crippen molar-refractivity contribution in [2.75, 3.05) is 6.61 Å². The van der Waals surface area contributed by atoms with Gasteiger partial charge in [-0.05, 0) is 24.6 Å². The summed E-state index contributed by atoms with van der Waals surface area (Å²) in [6.07, 6.45) is 1.47. The van der Waals surface area contributed by atoms with Crippen LogP contribution in [0.3, 0.4) is 0 Å². The van der Waals surface area contributed by atoms with Crippen molar-refractivity contribution in [3.05, 3.63) is 69.7 Å². The van der Waals surface area contributed by atoms with Crippen molar-refractivity contribution in [1.29, 1.82) is 5.26 Å². The number of hydrogen-bond donors (Lipinski definition) is 1. The molecule has 1 aromatic rings. The molecule has 0 amide bonds. The van der Waals surface area contributed by atoms with Gasteiger partial charge in [0.1, 0.15) is 24.0 Å². The Kier molecular flexibility index (Phi) is 5.24. The van der Waals surface area contributed by atoms with Crippen LogP contribution in [0.1, 0.15) is 18.4 Å². The quantitative estimate of drug-likeness (QED) is 0.645. The van der Waals surface area contributed by atoms with Gasteiger partial charge in [-0.15, -0.1) is 0 Å². The van der Waals surface area contributed by atoms with E-state index in [4.69, 9.17) is 15.2 Å². The number of ether oxygens (including phenoxy) is 2. The van der Waals surface area contributed by atoms with Crippen LogP contribution >= 0.6 is 15.9 Å². The molecule has 0 radical (unpaired) electrons. The Morgan fingerprint density at radius 3 is 2.74 bits per heavy atom. The van der Waals surface area contributed by atoms with Crippen LogP contribution < -0.4 is 5.73 Å². The average Bonchev–Trinajstić information content (AvgIpc) is 2.52. The smallest absolute Gasteiger partial charge is 0.338 e. The Bertz CT molecular complexity index is 742. The summed E-state index contributed by atoms with van der Waals surface area (Å²) in [7, 11) is 0. The highest BCUT2D eigenvalue weighted by Gasteiger charge is 2.36. The van der Waals surface area contributed by atoms with E-state index in [1.165, 1.54) is 6.08 Å². The Morgan fingerprint density at radius 2 is 2.17 bits per heavy atom. The van der Waals surface area contributed by atoms with E-state index in [2.05, 4.69) is 22.5 Å². The lowest BCUT2D eigenvalue weighted by molar-refractivity contribution is -0.138. The van der Waals surface area contributed by atoms with Crippen LogP contribution in [-0.2, 0) is 14.3 Å². The number of halogens is 1. The molecule has 23 heavy (non-hydrogen) atoms. The van der Waals surface area contributed by atoms with Crippen molar-refractivity contribution in [3.8, 4) is 6.07 Å². The Labute approximate surface area is 142 Å². The number of benzene rings is 1. The summed E-state index contributed by atoms with van der Waals surface area (Å²) in [5.74, 6) is -0.864. The van der Waals surface area contributed by atoms with Gasteiger partial charge in [0.25, 0.3) is 0 Å². The van der Waals surface area contributed by atoms with E-state index in [-0.39, 0.29) is 23.6 Å². The predicted molar refractivity (Wildman–Crippen MR) is 88.7 cm³/mol. The summed E-state index contributed by atoms with van der Waals surface area (Å²) < 4.78 is 11.4. The third kappa shape index (κ3) is 3.46. The van der Waals surface area contributed by atoms with Crippen LogP contribution in [0, 0.1) is 11.3 Å². The molecule has 0 aliphatic carbocycles. The van der Waals surface area contributed by atoms with Gasteiger partial charge in [0.2, 0.25) is 5.88 Å². The summed E-state index contributed by atoms with van der Waals surface area (Å²) in [6, 6.07) is 9.33. The largest absolute Gasteiger partial charge is 0.458 e. The molecule has 0 unspecified atom stereocenters. The molecule has 118 valence electrons. The zero-order valence-electron chi connectivity index (χ0n) is 12.5. The minimum Gasteiger partial charge on any atom is -0.458 e. The van der Waals surface area contributed by atoms with Gasteiger partial charge in [-0.3, -0.25) is 0 Å². The maximum atomic E-state index is 12.4. The number of nitriles is 1. The third-order valence-corrected chi connectivity index (χ3v) is 3.89. The van der Waals surface area contributed by atoms with Crippen molar-refractivity contribution in [2.45, 2.75) is 12.8 Å². The standard InChI is InChI=1S/C17H15BrN2O3/c1-3-8-22-17(21)14-10(2)23-16(20)13(9-19)15(14)11-4-6-12(18)7-5-11/h3-7,15H,1,8,20H2,2H3/t15-/m1/s1. The number of carbonyl (C=O) groups excluding carboxylic acids is 1. The van der Waals surface area contributed by atoms with Crippen molar-refractivity contribution in [2.24, 2.45) is 5.73 Å². The summed E-state index contributed by atoms with van der Waals surface area (Å²) in [6.45, 7) is 5.21. The second-order valence-corrected chi connectivity index (χ2v) is 5.75. The lowest BCUT2D eigenvalue weighted by Gasteiger charge is -2.26. The molecule has 1 atom stereocenters. The van der Waals surface area contributed by atoms with Crippen molar-refractivity contribution >= 4 is 21.9 Å². The molecule has 0 saturated heterocycles. The number of hydrogen-bond acceptors (Lipinski definition) is 5. The van der Waals surface area contributed by atoms with Gasteiger partial charge in [-0.2, -0.15) is 5.26 Å². The van der Waals surface area contributed by atoms with Crippen LogP contribution in [0.5, 0.6) is 0 Å². The zero-order chi connectivity index (χ0) is 17.0. The van der Waals surface area contributed by atoms with Gasteiger partial charge < -0.3 is 15.2 Å². The van der Waals surface area contributed by atoms with Crippen LogP contribution in [-0.4, -0.2) is 12.6 Å². The van der Waals surface area contributed by atoms with Crippen LogP contribution in [0.4, 0.5) is 0 Å². The molecule has 1 heterocycles. The number of rotatable bonds is 4. The first kappa shape index (κ1) is 16.8. The van der Waals surface area contributed by atoms with Gasteiger partial charge in [0.05, 0.1) is 11.5 Å². The molecule has 1 aliphatic rings. The number of allylic oxidation sites excluding steroid dienone is 2. The maximum Gasteiger partial charge on any atom is 0.338 e. The minimum absolute atomic E-state index is 0.00168. The molecule has 0 fully saturated rings. The molecule has 5 nitrogen and oxygen atoms in total. The first-order valence-electron chi connectivity index (χ1n) is 6.81. The second kappa shape index (κ2) is 7.16. The van der Waals surface area contributed by atoms with Crippen LogP contribution in [0.15, 0.2) is 64.2 Å². The fourth-order valence-corrected chi connectivity index (χ4v) is 2.61. The van der Waals surface area contributed by atoms with Crippen molar-refractivity contribution in [1.82, 2.24) is 0 Å². The topological polar surface area (TPSA) is 85.3 Å². The van der Waals surface area contributed by atoms with E-state index in [1.54, 1.807) is 6.92 Å². The molecule has 2 N–H and O–H groups in total. The van der Waals surface area contributed by atoms with Crippen LogP contribution in [0.25, 0.3) is 0 Å². The molecule has 0 bridgehead atoms. The first-order chi connectivity index (χ1) is 11.0. The summed E-state index contributed by atoms with van der Waals surface area (Å²) >= 11 is 3.36. The fourth-order valence-electron chi connectivity index (χ4n) is 2.35. The van der Waals surface area contributed by atoms with E-state index in [1.807, 2.05) is 30.3 Å². The number of esters is 1. The molecule has 0 saturated carbocycles. The first-order valence-corrected chi connectivity index (χ1v) is 7.60. The van der Waals surface area contributed by atoms with Crippen molar-refractivity contribution in [3.63, 3.8) is 0 Å². The second-order valence-electron chi connectivity index (χ2n) is 4.83. The Balaban J connectivity index is 2.54. The third-order valence-electron chi connectivity index (χ3n) is 3.36. The molecule has 0 aromatic heterocycles. The molecule has 2 rings (SSSR count). The summed E-state index contributed by atoms with van der Waals surface area (Å²) in [5.41, 5.74) is 7.02. The van der Waals surface area contributed by atoms with Gasteiger partial charge in [-0.1, -0.05) is 40.7 Å². The average molecular weight is 375 g/mol. The molecule has 1 aliphatic heterocycles. The summed E-state index contributed by atoms with van der Waals surface area (Å²) in [5, 5.41) is 9.44. The van der Waals surface area contributed by atoms with Gasteiger partial charge in [-0.25, -0.2) is 4.79 Å². The lowest BCUT2D eigenvalue weighted by Crippen LogP contribution is -2.25. The monoisotopic (exact) mass is 374 g/mol.